The lowest BCUT2D eigenvalue weighted by molar-refractivity contribution is 0.324. The van der Waals surface area contributed by atoms with Crippen molar-refractivity contribution in [1.29, 1.82) is 0 Å². The van der Waals surface area contributed by atoms with Gasteiger partial charge < -0.3 is 15.3 Å². The molecule has 1 rings (SSSR count). The molecule has 0 saturated heterocycles. The van der Waals surface area contributed by atoms with Crippen molar-refractivity contribution >= 4 is 10.4 Å². The van der Waals surface area contributed by atoms with Crippen LogP contribution < -0.4 is 0 Å². The molecule has 0 aliphatic carbocycles. The van der Waals surface area contributed by atoms with Crippen molar-refractivity contribution in [3.05, 3.63) is 18.2 Å². The van der Waals surface area contributed by atoms with E-state index in [0.29, 0.717) is 0 Å². The summed E-state index contributed by atoms with van der Waals surface area (Å²) in [4.78, 5) is 0. The van der Waals surface area contributed by atoms with Crippen molar-refractivity contribution in [3.8, 4) is 17.2 Å². The van der Waals surface area contributed by atoms with E-state index < -0.39 is 10.4 Å². The van der Waals surface area contributed by atoms with Gasteiger partial charge in [0.05, 0.1) is 7.11 Å². The Morgan fingerprint density at radius 1 is 1.00 bits per heavy atom. The highest BCUT2D eigenvalue weighted by molar-refractivity contribution is 7.80. The van der Waals surface area contributed by atoms with Crippen molar-refractivity contribution in [2.24, 2.45) is 0 Å². The van der Waals surface area contributed by atoms with Crippen LogP contribution in [0.1, 0.15) is 0 Å². The van der Waals surface area contributed by atoms with Crippen LogP contribution >= 0.6 is 0 Å². The topological polar surface area (TPSA) is 124 Å². The summed E-state index contributed by atoms with van der Waals surface area (Å²) in [5.74, 6) is -0.437. The predicted molar refractivity (Wildman–Crippen MR) is 50.0 cm³/mol. The first kappa shape index (κ1) is 13.5. The Bertz CT molecular complexity index is 361. The molecule has 0 radical (unpaired) electrons. The molecule has 0 unspecified atom stereocenters. The Kier molecular flexibility index (Phi) is 4.85. The zero-order chi connectivity index (χ0) is 12.1. The Morgan fingerprint density at radius 2 is 1.20 bits per heavy atom. The van der Waals surface area contributed by atoms with Gasteiger partial charge in [-0.05, 0) is 0 Å². The average Bonchev–Trinajstić information content (AvgIpc) is 2.01. The van der Waals surface area contributed by atoms with E-state index in [1.807, 2.05) is 0 Å². The fourth-order valence-electron chi connectivity index (χ4n) is 0.580. The fourth-order valence-corrected chi connectivity index (χ4v) is 0.580. The van der Waals surface area contributed by atoms with E-state index in [4.69, 9.17) is 19.9 Å². The molecule has 0 amide bonds. The van der Waals surface area contributed by atoms with Crippen LogP contribution in [-0.4, -0.2) is 35.4 Å². The molecule has 86 valence electrons. The lowest BCUT2D eigenvalue weighted by Gasteiger charge is -1.94. The number of aromatic hydroxyl groups is 3. The van der Waals surface area contributed by atoms with E-state index >= 15 is 0 Å². The highest BCUT2D eigenvalue weighted by Gasteiger charge is 1.94. The molecule has 8 heteroatoms. The molecular formula is C7H10O7S. The number of phenols is 3. The van der Waals surface area contributed by atoms with Crippen molar-refractivity contribution < 1.29 is 32.5 Å². The summed E-state index contributed by atoms with van der Waals surface area (Å²) in [6, 6.07) is 3.42. The molecule has 1 aromatic carbocycles. The van der Waals surface area contributed by atoms with Gasteiger partial charge in [0.2, 0.25) is 0 Å². The van der Waals surface area contributed by atoms with E-state index in [1.165, 1.54) is 0 Å². The number of phenolic OH excluding ortho intramolecular Hbond substituents is 3. The summed E-state index contributed by atoms with van der Waals surface area (Å²) < 4.78 is 29.7. The fraction of sp³-hybridized carbons (Fsp3) is 0.143. The largest absolute Gasteiger partial charge is 0.508 e. The van der Waals surface area contributed by atoms with Gasteiger partial charge in [-0.15, -0.1) is 0 Å². The van der Waals surface area contributed by atoms with Crippen LogP contribution in [0.25, 0.3) is 0 Å². The molecule has 0 bridgehead atoms. The molecule has 0 spiro atoms. The van der Waals surface area contributed by atoms with E-state index in [2.05, 4.69) is 4.18 Å². The van der Waals surface area contributed by atoms with Gasteiger partial charge in [0.1, 0.15) is 17.2 Å². The van der Waals surface area contributed by atoms with Gasteiger partial charge in [0.25, 0.3) is 0 Å². The van der Waals surface area contributed by atoms with Gasteiger partial charge in [-0.1, -0.05) is 0 Å². The monoisotopic (exact) mass is 238 g/mol. The van der Waals surface area contributed by atoms with Crippen LogP contribution in [0, 0.1) is 0 Å². The van der Waals surface area contributed by atoms with Crippen LogP contribution in [0.4, 0.5) is 0 Å². The highest BCUT2D eigenvalue weighted by atomic mass is 32.3. The van der Waals surface area contributed by atoms with Crippen molar-refractivity contribution in [1.82, 2.24) is 0 Å². The first-order valence-corrected chi connectivity index (χ1v) is 4.86. The molecule has 0 fully saturated rings. The molecule has 1 aromatic rings. The van der Waals surface area contributed by atoms with Gasteiger partial charge >= 0.3 is 10.4 Å². The Balaban J connectivity index is 0.000000288. The maximum atomic E-state index is 9.33. The molecule has 4 N–H and O–H groups in total. The Morgan fingerprint density at radius 3 is 1.33 bits per heavy atom. The standard InChI is InChI=1S/C6H6O3.CH4O4S/c7-4-1-5(8)3-6(9)2-4;1-5-6(2,3)4/h1-3,7-9H;1H3,(H,2,3,4). The summed E-state index contributed by atoms with van der Waals surface area (Å²) in [6.45, 7) is 0. The van der Waals surface area contributed by atoms with Gasteiger partial charge in [-0.2, -0.15) is 8.42 Å². The van der Waals surface area contributed by atoms with Crippen molar-refractivity contribution in [2.45, 2.75) is 0 Å². The number of rotatable bonds is 1. The number of hydrogen-bond acceptors (Lipinski definition) is 6. The van der Waals surface area contributed by atoms with Gasteiger partial charge in [0.15, 0.2) is 0 Å². The first-order chi connectivity index (χ1) is 6.74. The summed E-state index contributed by atoms with van der Waals surface area (Å²) in [5, 5.41) is 26.0. The Labute approximate surface area is 86.1 Å². The normalized spacial score (nSPS) is 10.3. The minimum Gasteiger partial charge on any atom is -0.508 e. The second kappa shape index (κ2) is 5.39. The quantitative estimate of drug-likeness (QED) is 0.516. The maximum absolute atomic E-state index is 9.33. The molecule has 0 aliphatic heterocycles. The van der Waals surface area contributed by atoms with Gasteiger partial charge in [0, 0.05) is 18.2 Å². The third-order valence-corrected chi connectivity index (χ3v) is 1.52. The second-order valence-electron chi connectivity index (χ2n) is 2.30. The number of benzene rings is 1. The molecule has 0 heterocycles. The minimum atomic E-state index is -4.16. The van der Waals surface area contributed by atoms with Gasteiger partial charge in [-0.25, -0.2) is 0 Å². The summed E-state index contributed by atoms with van der Waals surface area (Å²) in [6.07, 6.45) is 0. The predicted octanol–water partition coefficient (Wildman–Crippen LogP) is 0.239. The third kappa shape index (κ3) is 7.55. The van der Waals surface area contributed by atoms with E-state index in [-0.39, 0.29) is 17.2 Å². The SMILES string of the molecule is COS(=O)(=O)O.Oc1cc(O)cc(O)c1. The Hall–Kier alpha value is -1.51. The van der Waals surface area contributed by atoms with Crippen LogP contribution in [0.5, 0.6) is 17.2 Å². The zero-order valence-electron chi connectivity index (χ0n) is 7.65. The van der Waals surface area contributed by atoms with E-state index in [1.54, 1.807) is 0 Å². The first-order valence-electron chi connectivity index (χ1n) is 3.49. The van der Waals surface area contributed by atoms with Crippen molar-refractivity contribution in [3.63, 3.8) is 0 Å². The van der Waals surface area contributed by atoms with Crippen LogP contribution in [0.15, 0.2) is 18.2 Å². The highest BCUT2D eigenvalue weighted by Crippen LogP contribution is 2.23. The molecule has 15 heavy (non-hydrogen) atoms. The number of hydrogen-bond donors (Lipinski definition) is 4. The molecule has 0 saturated carbocycles. The van der Waals surface area contributed by atoms with Crippen molar-refractivity contribution in [2.75, 3.05) is 7.11 Å². The van der Waals surface area contributed by atoms with Crippen LogP contribution in [0.2, 0.25) is 0 Å². The van der Waals surface area contributed by atoms with Crippen LogP contribution in [0.3, 0.4) is 0 Å². The average molecular weight is 238 g/mol. The molecule has 0 aliphatic rings. The molecule has 0 aromatic heterocycles. The van der Waals surface area contributed by atoms with E-state index in [0.717, 1.165) is 25.3 Å². The summed E-state index contributed by atoms with van der Waals surface area (Å²) in [5.41, 5.74) is 0. The van der Waals surface area contributed by atoms with Gasteiger partial charge in [-0.3, -0.25) is 8.74 Å². The lowest BCUT2D eigenvalue weighted by atomic mass is 10.3. The third-order valence-electron chi connectivity index (χ3n) is 1.10. The van der Waals surface area contributed by atoms with Crippen LogP contribution in [-0.2, 0) is 14.6 Å². The summed E-state index contributed by atoms with van der Waals surface area (Å²) >= 11 is 0. The molecular weight excluding hydrogens is 228 g/mol. The lowest BCUT2D eigenvalue weighted by Crippen LogP contribution is -1.96. The molecule has 7 nitrogen and oxygen atoms in total. The van der Waals surface area contributed by atoms with E-state index in [9.17, 15) is 8.42 Å². The molecule has 0 atom stereocenters. The zero-order valence-corrected chi connectivity index (χ0v) is 8.47. The summed E-state index contributed by atoms with van der Waals surface area (Å²) in [7, 11) is -3.29. The minimum absolute atomic E-state index is 0.146. The smallest absolute Gasteiger partial charge is 0.397 e. The second-order valence-corrected chi connectivity index (χ2v) is 3.49. The maximum Gasteiger partial charge on any atom is 0.397 e.